The zero-order chi connectivity index (χ0) is 10.6. The highest BCUT2D eigenvalue weighted by atomic mass is 19.1. The van der Waals surface area contributed by atoms with Crippen molar-refractivity contribution in [1.82, 2.24) is 5.32 Å². The maximum Gasteiger partial charge on any atom is 0.410 e. The SMILES string of the molecule is CC(C)(C)OC(=O)N[C@@H](F)C(=O)O. The second-order valence-electron chi connectivity index (χ2n) is 3.35. The first-order valence-corrected chi connectivity index (χ1v) is 3.59. The van der Waals surface area contributed by atoms with Crippen LogP contribution in [0, 0.1) is 0 Å². The van der Waals surface area contributed by atoms with Crippen molar-refractivity contribution >= 4 is 12.1 Å². The van der Waals surface area contributed by atoms with Gasteiger partial charge < -0.3 is 9.84 Å². The molecule has 1 amide bonds. The van der Waals surface area contributed by atoms with Crippen LogP contribution in [0.4, 0.5) is 9.18 Å². The summed E-state index contributed by atoms with van der Waals surface area (Å²) in [6.45, 7) is 4.75. The van der Waals surface area contributed by atoms with E-state index in [0.717, 1.165) is 0 Å². The van der Waals surface area contributed by atoms with Gasteiger partial charge >= 0.3 is 12.1 Å². The largest absolute Gasteiger partial charge is 0.478 e. The molecule has 13 heavy (non-hydrogen) atoms. The molecule has 0 saturated carbocycles. The molecular formula is C7H12FNO4. The van der Waals surface area contributed by atoms with Gasteiger partial charge in [-0.25, -0.2) is 14.0 Å². The zero-order valence-electron chi connectivity index (χ0n) is 7.63. The topological polar surface area (TPSA) is 75.6 Å². The summed E-state index contributed by atoms with van der Waals surface area (Å²) in [5, 5.41) is 9.59. The lowest BCUT2D eigenvalue weighted by Gasteiger charge is -2.19. The summed E-state index contributed by atoms with van der Waals surface area (Å²) in [6, 6.07) is 0. The average molecular weight is 193 g/mol. The van der Waals surface area contributed by atoms with E-state index in [-0.39, 0.29) is 0 Å². The molecular weight excluding hydrogens is 181 g/mol. The number of ether oxygens (including phenoxy) is 1. The van der Waals surface area contributed by atoms with Gasteiger partial charge in [-0.05, 0) is 20.8 Å². The number of alkyl carbamates (subject to hydrolysis) is 1. The number of rotatable bonds is 2. The van der Waals surface area contributed by atoms with Gasteiger partial charge in [-0.3, -0.25) is 5.32 Å². The predicted molar refractivity (Wildman–Crippen MR) is 41.9 cm³/mol. The Morgan fingerprint density at radius 2 is 1.92 bits per heavy atom. The van der Waals surface area contributed by atoms with E-state index in [1.165, 1.54) is 5.32 Å². The third-order valence-electron chi connectivity index (χ3n) is 0.860. The fraction of sp³-hybridized carbons (Fsp3) is 0.714. The molecule has 0 rings (SSSR count). The van der Waals surface area contributed by atoms with Crippen LogP contribution in [-0.2, 0) is 9.53 Å². The smallest absolute Gasteiger partial charge is 0.410 e. The number of nitrogens with one attached hydrogen (secondary N) is 1. The van der Waals surface area contributed by atoms with Crippen LogP contribution < -0.4 is 5.32 Å². The van der Waals surface area contributed by atoms with Crippen LogP contribution in [0.5, 0.6) is 0 Å². The van der Waals surface area contributed by atoms with E-state index in [1.54, 1.807) is 20.8 Å². The second-order valence-corrected chi connectivity index (χ2v) is 3.35. The molecule has 0 aromatic carbocycles. The molecule has 76 valence electrons. The minimum atomic E-state index is -2.44. The van der Waals surface area contributed by atoms with E-state index < -0.39 is 24.0 Å². The molecule has 6 heteroatoms. The van der Waals surface area contributed by atoms with Crippen molar-refractivity contribution in [2.45, 2.75) is 32.7 Å². The molecule has 0 heterocycles. The lowest BCUT2D eigenvalue weighted by Crippen LogP contribution is -2.40. The highest BCUT2D eigenvalue weighted by Crippen LogP contribution is 2.06. The van der Waals surface area contributed by atoms with Crippen LogP contribution in [0.1, 0.15) is 20.8 Å². The van der Waals surface area contributed by atoms with E-state index >= 15 is 0 Å². The Morgan fingerprint density at radius 3 is 2.23 bits per heavy atom. The van der Waals surface area contributed by atoms with Crippen LogP contribution >= 0.6 is 0 Å². The summed E-state index contributed by atoms with van der Waals surface area (Å²) in [4.78, 5) is 20.7. The molecule has 0 fully saturated rings. The fourth-order valence-corrected chi connectivity index (χ4v) is 0.473. The Hall–Kier alpha value is -1.33. The number of hydrogen-bond acceptors (Lipinski definition) is 3. The van der Waals surface area contributed by atoms with E-state index in [0.29, 0.717) is 0 Å². The van der Waals surface area contributed by atoms with Crippen molar-refractivity contribution in [3.63, 3.8) is 0 Å². The molecule has 0 bridgehead atoms. The second kappa shape index (κ2) is 4.06. The molecule has 5 nitrogen and oxygen atoms in total. The Kier molecular flexibility index (Phi) is 3.65. The Bertz CT molecular complexity index is 211. The van der Waals surface area contributed by atoms with Gasteiger partial charge in [-0.2, -0.15) is 0 Å². The maximum absolute atomic E-state index is 12.3. The number of carboxylic acids is 1. The van der Waals surface area contributed by atoms with E-state index in [4.69, 9.17) is 5.11 Å². The number of hydrogen-bond donors (Lipinski definition) is 2. The molecule has 0 aromatic rings. The first-order chi connectivity index (χ1) is 5.72. The van der Waals surface area contributed by atoms with Gasteiger partial charge in [-0.1, -0.05) is 0 Å². The molecule has 0 saturated heterocycles. The van der Waals surface area contributed by atoms with Crippen molar-refractivity contribution in [3.05, 3.63) is 0 Å². The first-order valence-electron chi connectivity index (χ1n) is 3.59. The fourth-order valence-electron chi connectivity index (χ4n) is 0.473. The third-order valence-corrected chi connectivity index (χ3v) is 0.860. The van der Waals surface area contributed by atoms with Crippen LogP contribution in [0.15, 0.2) is 0 Å². The van der Waals surface area contributed by atoms with Crippen molar-refractivity contribution in [1.29, 1.82) is 0 Å². The van der Waals surface area contributed by atoms with Crippen LogP contribution in [0.3, 0.4) is 0 Å². The van der Waals surface area contributed by atoms with Gasteiger partial charge in [-0.15, -0.1) is 0 Å². The summed E-state index contributed by atoms with van der Waals surface area (Å²) in [6.07, 6.45) is -3.53. The highest BCUT2D eigenvalue weighted by Gasteiger charge is 2.22. The minimum absolute atomic E-state index is 0.775. The minimum Gasteiger partial charge on any atom is -0.478 e. The van der Waals surface area contributed by atoms with Gasteiger partial charge in [0.05, 0.1) is 0 Å². The van der Waals surface area contributed by atoms with Gasteiger partial charge in [0.25, 0.3) is 6.30 Å². The number of carbonyl (C=O) groups is 2. The van der Waals surface area contributed by atoms with Gasteiger partial charge in [0.15, 0.2) is 0 Å². The van der Waals surface area contributed by atoms with E-state index in [1.807, 2.05) is 0 Å². The summed E-state index contributed by atoms with van der Waals surface area (Å²) in [7, 11) is 0. The van der Waals surface area contributed by atoms with Crippen LogP contribution in [0.2, 0.25) is 0 Å². The number of carbonyl (C=O) groups excluding carboxylic acids is 1. The predicted octanol–water partition coefficient (Wildman–Crippen LogP) is 0.891. The summed E-state index contributed by atoms with van der Waals surface area (Å²) < 4.78 is 16.9. The van der Waals surface area contributed by atoms with E-state index in [2.05, 4.69) is 4.74 Å². The molecule has 2 N–H and O–H groups in total. The Labute approximate surface area is 74.9 Å². The Balaban J connectivity index is 3.96. The Morgan fingerprint density at radius 1 is 1.46 bits per heavy atom. The van der Waals surface area contributed by atoms with Crippen molar-refractivity contribution < 1.29 is 23.8 Å². The zero-order valence-corrected chi connectivity index (χ0v) is 7.63. The average Bonchev–Trinajstić information content (AvgIpc) is 1.81. The number of aliphatic carboxylic acids is 1. The van der Waals surface area contributed by atoms with Crippen molar-refractivity contribution in [2.24, 2.45) is 0 Å². The van der Waals surface area contributed by atoms with Crippen molar-refractivity contribution in [3.8, 4) is 0 Å². The summed E-state index contributed by atoms with van der Waals surface area (Å²) in [5.41, 5.74) is -0.775. The lowest BCUT2D eigenvalue weighted by atomic mass is 10.2. The van der Waals surface area contributed by atoms with E-state index in [9.17, 15) is 14.0 Å². The van der Waals surface area contributed by atoms with Gasteiger partial charge in [0, 0.05) is 0 Å². The van der Waals surface area contributed by atoms with Gasteiger partial charge in [0.1, 0.15) is 5.60 Å². The normalized spacial score (nSPS) is 13.2. The highest BCUT2D eigenvalue weighted by molar-refractivity contribution is 5.78. The standard InChI is InChI=1S/C7H12FNO4/c1-7(2,3)13-6(12)9-4(8)5(10)11/h4H,1-3H3,(H,9,12)(H,10,11)/t4-/m1/s1. The molecule has 0 aliphatic rings. The number of amides is 1. The first kappa shape index (κ1) is 11.7. The van der Waals surface area contributed by atoms with Crippen LogP contribution in [-0.4, -0.2) is 29.1 Å². The van der Waals surface area contributed by atoms with Gasteiger partial charge in [0.2, 0.25) is 0 Å². The molecule has 1 atom stereocenters. The summed E-state index contributed by atoms with van der Waals surface area (Å²) in [5.74, 6) is -1.76. The maximum atomic E-state index is 12.3. The number of halogens is 1. The number of carboxylic acid groups (broad SMARTS) is 1. The quantitative estimate of drug-likeness (QED) is 0.638. The molecule has 0 aromatic heterocycles. The third kappa shape index (κ3) is 5.89. The molecule has 0 aliphatic heterocycles. The van der Waals surface area contributed by atoms with Crippen LogP contribution in [0.25, 0.3) is 0 Å². The summed E-state index contributed by atoms with van der Waals surface area (Å²) >= 11 is 0. The monoisotopic (exact) mass is 193 g/mol. The molecule has 0 spiro atoms. The molecule has 0 radical (unpaired) electrons. The molecule has 0 aliphatic carbocycles. The van der Waals surface area contributed by atoms with Crippen molar-refractivity contribution in [2.75, 3.05) is 0 Å². The lowest BCUT2D eigenvalue weighted by molar-refractivity contribution is -0.144. The number of alkyl halides is 1. The molecule has 0 unspecified atom stereocenters.